The van der Waals surface area contributed by atoms with E-state index in [-0.39, 0.29) is 0 Å². The minimum Gasteiger partial charge on any atom is -0.334 e. The maximum atomic E-state index is 6.10. The van der Waals surface area contributed by atoms with Gasteiger partial charge in [0.15, 0.2) is 5.82 Å². The first kappa shape index (κ1) is 12.5. The molecule has 0 saturated carbocycles. The number of halogens is 2. The lowest BCUT2D eigenvalue weighted by molar-refractivity contribution is 0.422. The summed E-state index contributed by atoms with van der Waals surface area (Å²) in [6.45, 7) is 0.614. The molecule has 0 atom stereocenters. The van der Waals surface area contributed by atoms with Gasteiger partial charge >= 0.3 is 0 Å². The lowest BCUT2D eigenvalue weighted by Gasteiger charge is -1.98. The molecule has 6 heteroatoms. The van der Waals surface area contributed by atoms with Gasteiger partial charge < -0.3 is 10.3 Å². The first-order valence-corrected chi connectivity index (χ1v) is 6.36. The second-order valence-corrected chi connectivity index (χ2v) is 4.86. The zero-order valence-corrected chi connectivity index (χ0v) is 11.3. The van der Waals surface area contributed by atoms with E-state index < -0.39 is 0 Å². The topological polar surface area (TPSA) is 64.9 Å². The lowest BCUT2D eigenvalue weighted by atomic mass is 10.2. The highest BCUT2D eigenvalue weighted by atomic mass is 79.9. The highest BCUT2D eigenvalue weighted by molar-refractivity contribution is 9.10. The Balaban J connectivity index is 2.24. The number of rotatable bonds is 4. The van der Waals surface area contributed by atoms with Gasteiger partial charge in [-0.25, -0.2) is 0 Å². The molecule has 1 aromatic carbocycles. The molecule has 0 aliphatic carbocycles. The number of benzene rings is 1. The predicted molar refractivity (Wildman–Crippen MR) is 69.8 cm³/mol. The summed E-state index contributed by atoms with van der Waals surface area (Å²) in [5, 5.41) is 4.46. The van der Waals surface area contributed by atoms with Crippen molar-refractivity contribution in [3.63, 3.8) is 0 Å². The fraction of sp³-hybridized carbons (Fsp3) is 0.273. The molecule has 0 unspecified atom stereocenters. The van der Waals surface area contributed by atoms with E-state index in [0.29, 0.717) is 29.7 Å². The average molecular weight is 317 g/mol. The number of nitrogens with zero attached hydrogens (tertiary/aromatic N) is 2. The Kier molecular flexibility index (Phi) is 4.15. The van der Waals surface area contributed by atoms with Crippen LogP contribution in [0.4, 0.5) is 0 Å². The maximum absolute atomic E-state index is 6.10. The summed E-state index contributed by atoms with van der Waals surface area (Å²) < 4.78 is 6.08. The van der Waals surface area contributed by atoms with Gasteiger partial charge in [0, 0.05) is 10.9 Å². The van der Waals surface area contributed by atoms with Crippen molar-refractivity contribution in [3.8, 4) is 11.5 Å². The van der Waals surface area contributed by atoms with E-state index >= 15 is 0 Å². The van der Waals surface area contributed by atoms with E-state index in [0.717, 1.165) is 16.5 Å². The predicted octanol–water partition coefficient (Wildman–Crippen LogP) is 3.04. The van der Waals surface area contributed by atoms with E-state index in [2.05, 4.69) is 26.1 Å². The molecule has 90 valence electrons. The third-order valence-electron chi connectivity index (χ3n) is 2.23. The van der Waals surface area contributed by atoms with E-state index in [9.17, 15) is 0 Å². The Bertz CT molecular complexity index is 515. The molecule has 2 rings (SSSR count). The van der Waals surface area contributed by atoms with Gasteiger partial charge in [-0.3, -0.25) is 0 Å². The van der Waals surface area contributed by atoms with E-state index in [4.69, 9.17) is 21.9 Å². The van der Waals surface area contributed by atoms with Gasteiger partial charge in [-0.1, -0.05) is 32.7 Å². The molecule has 0 spiro atoms. The highest BCUT2D eigenvalue weighted by Gasteiger charge is 2.12. The fourth-order valence-electron chi connectivity index (χ4n) is 1.39. The van der Waals surface area contributed by atoms with Crippen LogP contribution in [-0.2, 0) is 6.42 Å². The van der Waals surface area contributed by atoms with Crippen LogP contribution in [0.25, 0.3) is 11.5 Å². The van der Waals surface area contributed by atoms with Gasteiger partial charge in [0.25, 0.3) is 5.89 Å². The highest BCUT2D eigenvalue weighted by Crippen LogP contribution is 2.29. The molecule has 17 heavy (non-hydrogen) atoms. The molecule has 0 radical (unpaired) electrons. The minimum absolute atomic E-state index is 0.439. The molecule has 2 aromatic rings. The van der Waals surface area contributed by atoms with Crippen LogP contribution in [0.15, 0.2) is 27.2 Å². The van der Waals surface area contributed by atoms with Crippen LogP contribution in [0.3, 0.4) is 0 Å². The number of nitrogens with two attached hydrogens (primary N) is 1. The Hall–Kier alpha value is -0.910. The molecule has 0 bridgehead atoms. The van der Waals surface area contributed by atoms with Crippen molar-refractivity contribution in [1.29, 1.82) is 0 Å². The molecule has 2 N–H and O–H groups in total. The van der Waals surface area contributed by atoms with E-state index in [1.165, 1.54) is 0 Å². The lowest BCUT2D eigenvalue weighted by Crippen LogP contribution is -2.01. The summed E-state index contributed by atoms with van der Waals surface area (Å²) in [6.07, 6.45) is 1.56. The number of hydrogen-bond donors (Lipinski definition) is 1. The average Bonchev–Trinajstić information content (AvgIpc) is 2.75. The summed E-state index contributed by atoms with van der Waals surface area (Å²) in [5.41, 5.74) is 6.16. The zero-order valence-electron chi connectivity index (χ0n) is 8.99. The van der Waals surface area contributed by atoms with Crippen molar-refractivity contribution < 1.29 is 4.52 Å². The van der Waals surface area contributed by atoms with Crippen LogP contribution < -0.4 is 5.73 Å². The Morgan fingerprint density at radius 3 is 2.94 bits per heavy atom. The zero-order chi connectivity index (χ0) is 12.3. The molecule has 1 heterocycles. The molecular formula is C11H11BrClN3O. The molecule has 1 aromatic heterocycles. The normalized spacial score (nSPS) is 10.8. The first-order chi connectivity index (χ1) is 8.20. The van der Waals surface area contributed by atoms with Gasteiger partial charge in [-0.15, -0.1) is 0 Å². The summed E-state index contributed by atoms with van der Waals surface area (Å²) in [7, 11) is 0. The summed E-state index contributed by atoms with van der Waals surface area (Å²) in [4.78, 5) is 4.28. The van der Waals surface area contributed by atoms with Crippen LogP contribution in [0, 0.1) is 0 Å². The first-order valence-electron chi connectivity index (χ1n) is 5.19. The Labute approximate surface area is 112 Å². The Morgan fingerprint density at radius 2 is 2.24 bits per heavy atom. The van der Waals surface area contributed by atoms with Crippen molar-refractivity contribution in [2.24, 2.45) is 5.73 Å². The molecule has 0 saturated heterocycles. The second kappa shape index (κ2) is 5.62. The van der Waals surface area contributed by atoms with Gasteiger partial charge in [-0.05, 0) is 31.2 Å². The second-order valence-electron chi connectivity index (χ2n) is 3.53. The van der Waals surface area contributed by atoms with Crippen molar-refractivity contribution in [2.45, 2.75) is 12.8 Å². The number of hydrogen-bond acceptors (Lipinski definition) is 4. The largest absolute Gasteiger partial charge is 0.334 e. The SMILES string of the molecule is NCCCc1noc(-c2ccc(Br)cc2Cl)n1. The van der Waals surface area contributed by atoms with Crippen LogP contribution in [0.5, 0.6) is 0 Å². The molecule has 0 fully saturated rings. The summed E-state index contributed by atoms with van der Waals surface area (Å²) in [6, 6.07) is 5.51. The van der Waals surface area contributed by atoms with Gasteiger partial charge in [0.05, 0.1) is 10.6 Å². The maximum Gasteiger partial charge on any atom is 0.259 e. The van der Waals surface area contributed by atoms with E-state index in [1.54, 1.807) is 6.07 Å². The smallest absolute Gasteiger partial charge is 0.259 e. The molecule has 4 nitrogen and oxygen atoms in total. The number of aryl methyl sites for hydroxylation is 1. The van der Waals surface area contributed by atoms with Crippen molar-refractivity contribution >= 4 is 27.5 Å². The quantitative estimate of drug-likeness (QED) is 0.941. The van der Waals surface area contributed by atoms with Crippen LogP contribution in [0.1, 0.15) is 12.2 Å². The fourth-order valence-corrected chi connectivity index (χ4v) is 2.14. The monoisotopic (exact) mass is 315 g/mol. The van der Waals surface area contributed by atoms with E-state index in [1.807, 2.05) is 12.1 Å². The van der Waals surface area contributed by atoms with Crippen LogP contribution in [-0.4, -0.2) is 16.7 Å². The molecular weight excluding hydrogens is 305 g/mol. The molecule has 0 aliphatic heterocycles. The van der Waals surface area contributed by atoms with Gasteiger partial charge in [-0.2, -0.15) is 4.98 Å². The standard InChI is InChI=1S/C11H11BrClN3O/c12-7-3-4-8(9(13)6-7)11-15-10(16-17-11)2-1-5-14/h3-4,6H,1-2,5,14H2. The van der Waals surface area contributed by atoms with Crippen LogP contribution >= 0.6 is 27.5 Å². The van der Waals surface area contributed by atoms with Crippen molar-refractivity contribution in [3.05, 3.63) is 33.5 Å². The molecule has 0 aliphatic rings. The molecule has 0 amide bonds. The van der Waals surface area contributed by atoms with Crippen molar-refractivity contribution in [2.75, 3.05) is 6.54 Å². The summed E-state index contributed by atoms with van der Waals surface area (Å²) >= 11 is 9.44. The third kappa shape index (κ3) is 3.06. The van der Waals surface area contributed by atoms with Gasteiger partial charge in [0.2, 0.25) is 0 Å². The van der Waals surface area contributed by atoms with Crippen molar-refractivity contribution in [1.82, 2.24) is 10.1 Å². The Morgan fingerprint density at radius 1 is 1.41 bits per heavy atom. The van der Waals surface area contributed by atoms with Crippen LogP contribution in [0.2, 0.25) is 5.02 Å². The minimum atomic E-state index is 0.439. The van der Waals surface area contributed by atoms with Gasteiger partial charge in [0.1, 0.15) is 0 Å². The summed E-state index contributed by atoms with van der Waals surface area (Å²) in [5.74, 6) is 1.10. The third-order valence-corrected chi connectivity index (χ3v) is 3.04. The number of aromatic nitrogens is 2.